The quantitative estimate of drug-likeness (QED) is 0.648. The number of fused-ring (bicyclic) bond motifs is 1. The zero-order valence-electron chi connectivity index (χ0n) is 8.63. The Morgan fingerprint density at radius 2 is 2.12 bits per heavy atom. The van der Waals surface area contributed by atoms with Crippen molar-refractivity contribution in [3.05, 3.63) is 57.9 Å². The van der Waals surface area contributed by atoms with Crippen LogP contribution in [0.3, 0.4) is 0 Å². The van der Waals surface area contributed by atoms with E-state index in [1.807, 2.05) is 6.07 Å². The van der Waals surface area contributed by atoms with Gasteiger partial charge in [-0.25, -0.2) is 4.98 Å². The van der Waals surface area contributed by atoms with Gasteiger partial charge in [-0.3, -0.25) is 9.36 Å². The first-order valence-electron chi connectivity index (χ1n) is 4.96. The molecule has 3 heterocycles. The van der Waals surface area contributed by atoms with Crippen molar-refractivity contribution in [2.45, 2.75) is 0 Å². The van der Waals surface area contributed by atoms with Crippen molar-refractivity contribution in [3.8, 4) is 5.69 Å². The molecule has 0 aromatic carbocycles. The number of halogens is 1. The molecule has 0 unspecified atom stereocenters. The van der Waals surface area contributed by atoms with E-state index in [4.69, 9.17) is 4.42 Å². The summed E-state index contributed by atoms with van der Waals surface area (Å²) in [4.78, 5) is 16.2. The Morgan fingerprint density at radius 1 is 1.24 bits per heavy atom. The van der Waals surface area contributed by atoms with Crippen molar-refractivity contribution in [2.75, 3.05) is 0 Å². The molecule has 0 aliphatic carbocycles. The third-order valence-corrected chi connectivity index (χ3v) is 2.98. The topological polar surface area (TPSA) is 48.0 Å². The van der Waals surface area contributed by atoms with Crippen molar-refractivity contribution in [1.82, 2.24) is 9.55 Å². The van der Waals surface area contributed by atoms with Crippen LogP contribution in [0.2, 0.25) is 0 Å². The Balaban J connectivity index is 2.27. The van der Waals surface area contributed by atoms with Crippen LogP contribution in [0.15, 0.2) is 56.7 Å². The maximum absolute atomic E-state index is 12.1. The van der Waals surface area contributed by atoms with Crippen molar-refractivity contribution in [1.29, 1.82) is 0 Å². The number of furan rings is 1. The van der Waals surface area contributed by atoms with E-state index >= 15 is 0 Å². The van der Waals surface area contributed by atoms with Gasteiger partial charge in [-0.2, -0.15) is 0 Å². The van der Waals surface area contributed by atoms with Crippen LogP contribution in [-0.2, 0) is 0 Å². The summed E-state index contributed by atoms with van der Waals surface area (Å²) >= 11 is 3.26. The molecule has 0 aliphatic rings. The summed E-state index contributed by atoms with van der Waals surface area (Å²) in [6.07, 6.45) is 4.83. The molecule has 0 spiro atoms. The summed E-state index contributed by atoms with van der Waals surface area (Å²) in [5, 5.41) is 0.565. The van der Waals surface area contributed by atoms with E-state index in [9.17, 15) is 4.79 Å². The lowest BCUT2D eigenvalue weighted by Crippen LogP contribution is -2.16. The molecule has 3 rings (SSSR count). The molecule has 0 fully saturated rings. The molecule has 0 amide bonds. The fourth-order valence-corrected chi connectivity index (χ4v) is 1.91. The number of nitrogens with zero attached hydrogens (tertiary/aromatic N) is 2. The van der Waals surface area contributed by atoms with Gasteiger partial charge in [-0.15, -0.1) is 0 Å². The Hall–Kier alpha value is -1.88. The first-order chi connectivity index (χ1) is 8.25. The first-order valence-corrected chi connectivity index (χ1v) is 5.76. The highest BCUT2D eigenvalue weighted by molar-refractivity contribution is 9.10. The molecule has 0 aliphatic heterocycles. The van der Waals surface area contributed by atoms with Crippen molar-refractivity contribution in [2.24, 2.45) is 0 Å². The molecule has 3 aromatic rings. The zero-order chi connectivity index (χ0) is 11.8. The van der Waals surface area contributed by atoms with Crippen molar-refractivity contribution >= 4 is 26.9 Å². The van der Waals surface area contributed by atoms with Crippen molar-refractivity contribution in [3.63, 3.8) is 0 Å². The highest BCUT2D eigenvalue weighted by Crippen LogP contribution is 2.13. The van der Waals surface area contributed by atoms with Gasteiger partial charge in [0.1, 0.15) is 10.2 Å². The molecule has 84 valence electrons. The number of hydrogen-bond donors (Lipinski definition) is 0. The van der Waals surface area contributed by atoms with E-state index in [1.165, 1.54) is 10.8 Å². The molecule has 0 N–H and O–H groups in total. The maximum atomic E-state index is 12.1. The van der Waals surface area contributed by atoms with Crippen LogP contribution in [0, 0.1) is 0 Å². The molecule has 4 nitrogen and oxygen atoms in total. The van der Waals surface area contributed by atoms with Crippen molar-refractivity contribution < 1.29 is 4.42 Å². The molecule has 0 bridgehead atoms. The van der Waals surface area contributed by atoms with Gasteiger partial charge in [0.2, 0.25) is 0 Å². The van der Waals surface area contributed by atoms with Crippen LogP contribution in [0.25, 0.3) is 16.7 Å². The van der Waals surface area contributed by atoms with Crippen LogP contribution in [-0.4, -0.2) is 9.55 Å². The number of hydrogen-bond acceptors (Lipinski definition) is 3. The molecular formula is C12H7BrN2O2. The first kappa shape index (κ1) is 10.3. The minimum Gasteiger partial charge on any atom is -0.464 e. The zero-order valence-corrected chi connectivity index (χ0v) is 10.2. The summed E-state index contributed by atoms with van der Waals surface area (Å²) in [6, 6.07) is 7.05. The molecule has 5 heteroatoms. The third kappa shape index (κ3) is 1.68. The Kier molecular flexibility index (Phi) is 2.33. The minimum absolute atomic E-state index is 0.111. The van der Waals surface area contributed by atoms with Crippen LogP contribution in [0.4, 0.5) is 0 Å². The Morgan fingerprint density at radius 3 is 2.88 bits per heavy atom. The normalized spacial score (nSPS) is 10.9. The fourth-order valence-electron chi connectivity index (χ4n) is 1.68. The van der Waals surface area contributed by atoms with E-state index in [1.54, 1.807) is 30.6 Å². The second kappa shape index (κ2) is 3.85. The van der Waals surface area contributed by atoms with Gasteiger partial charge in [0, 0.05) is 6.20 Å². The summed E-state index contributed by atoms with van der Waals surface area (Å²) in [6.45, 7) is 0. The van der Waals surface area contributed by atoms with Gasteiger partial charge in [0.05, 0.1) is 23.5 Å². The summed E-state index contributed by atoms with van der Waals surface area (Å²) < 4.78 is 7.45. The second-order valence-corrected chi connectivity index (χ2v) is 4.34. The lowest BCUT2D eigenvalue weighted by molar-refractivity contribution is 0.615. The molecule has 0 saturated heterocycles. The molecule has 0 saturated carbocycles. The average molecular weight is 291 g/mol. The van der Waals surface area contributed by atoms with E-state index in [-0.39, 0.29) is 5.56 Å². The summed E-state index contributed by atoms with van der Waals surface area (Å²) in [7, 11) is 0. The summed E-state index contributed by atoms with van der Waals surface area (Å²) in [5.41, 5.74) is 1.21. The molecule has 17 heavy (non-hydrogen) atoms. The van der Waals surface area contributed by atoms with Crippen LogP contribution in [0.5, 0.6) is 0 Å². The summed E-state index contributed by atoms with van der Waals surface area (Å²) in [5.74, 6) is 0. The number of pyridine rings is 2. The van der Waals surface area contributed by atoms with Crippen LogP contribution in [0.1, 0.15) is 0 Å². The predicted molar refractivity (Wildman–Crippen MR) is 67.3 cm³/mol. The number of rotatable bonds is 1. The highest BCUT2D eigenvalue weighted by Gasteiger charge is 2.06. The Bertz CT molecular complexity index is 728. The molecule has 0 radical (unpaired) electrons. The number of aromatic nitrogens is 2. The van der Waals surface area contributed by atoms with Gasteiger partial charge in [0.15, 0.2) is 0 Å². The van der Waals surface area contributed by atoms with E-state index in [0.29, 0.717) is 11.0 Å². The van der Waals surface area contributed by atoms with E-state index in [2.05, 4.69) is 20.9 Å². The van der Waals surface area contributed by atoms with E-state index in [0.717, 1.165) is 10.3 Å². The minimum atomic E-state index is -0.111. The third-order valence-electron chi connectivity index (χ3n) is 2.51. The molecular weight excluding hydrogens is 284 g/mol. The lowest BCUT2D eigenvalue weighted by Gasteiger charge is -2.04. The Labute approximate surface area is 105 Å². The van der Waals surface area contributed by atoms with Gasteiger partial charge >= 0.3 is 0 Å². The van der Waals surface area contributed by atoms with E-state index < -0.39 is 0 Å². The molecule has 0 atom stereocenters. The van der Waals surface area contributed by atoms with Gasteiger partial charge < -0.3 is 4.42 Å². The molecule has 3 aromatic heterocycles. The maximum Gasteiger partial charge on any atom is 0.266 e. The predicted octanol–water partition coefficient (Wildman–Crippen LogP) is 2.74. The fraction of sp³-hybridized carbons (Fsp3) is 0. The lowest BCUT2D eigenvalue weighted by atomic mass is 10.3. The largest absolute Gasteiger partial charge is 0.464 e. The van der Waals surface area contributed by atoms with Gasteiger partial charge in [-0.05, 0) is 40.2 Å². The monoisotopic (exact) mass is 290 g/mol. The SMILES string of the molecule is O=c1c2ccoc2ccn1-c1ccc(Br)nc1. The van der Waals surface area contributed by atoms with Gasteiger partial charge in [0.25, 0.3) is 5.56 Å². The average Bonchev–Trinajstić information content (AvgIpc) is 2.80. The highest BCUT2D eigenvalue weighted by atomic mass is 79.9. The van der Waals surface area contributed by atoms with Crippen LogP contribution < -0.4 is 5.56 Å². The smallest absolute Gasteiger partial charge is 0.266 e. The standard InChI is InChI=1S/C12H7BrN2O2/c13-11-2-1-8(7-14-11)15-5-3-10-9(12(15)16)4-6-17-10/h1-7H. The van der Waals surface area contributed by atoms with Gasteiger partial charge in [-0.1, -0.05) is 0 Å². The van der Waals surface area contributed by atoms with Crippen LogP contribution >= 0.6 is 15.9 Å². The second-order valence-electron chi connectivity index (χ2n) is 3.53.